The van der Waals surface area contributed by atoms with E-state index in [1.807, 2.05) is 0 Å². The highest BCUT2D eigenvalue weighted by molar-refractivity contribution is 5.65. The Bertz CT molecular complexity index is 213. The van der Waals surface area contributed by atoms with E-state index in [9.17, 15) is 9.59 Å². The zero-order valence-corrected chi connectivity index (χ0v) is 8.15. The number of ether oxygens (including phenoxy) is 3. The molecule has 5 heteroatoms. The number of carbonyl (C=O) groups is 2. The van der Waals surface area contributed by atoms with Gasteiger partial charge in [-0.3, -0.25) is 4.79 Å². The third kappa shape index (κ3) is 4.11. The lowest BCUT2D eigenvalue weighted by Crippen LogP contribution is -2.10. The molecule has 0 radical (unpaired) electrons. The molecular weight excluding hydrogens is 188 g/mol. The van der Waals surface area contributed by atoms with Crippen molar-refractivity contribution in [3.63, 3.8) is 0 Å². The van der Waals surface area contributed by atoms with Gasteiger partial charge in [-0.2, -0.15) is 0 Å². The molecule has 1 saturated heterocycles. The minimum absolute atomic E-state index is 0.125. The van der Waals surface area contributed by atoms with Crippen molar-refractivity contribution >= 4 is 12.1 Å². The second kappa shape index (κ2) is 5.47. The van der Waals surface area contributed by atoms with Gasteiger partial charge >= 0.3 is 12.1 Å². The zero-order valence-electron chi connectivity index (χ0n) is 8.15. The minimum Gasteiger partial charge on any atom is -0.466 e. The summed E-state index contributed by atoms with van der Waals surface area (Å²) in [6, 6.07) is 0. The Labute approximate surface area is 82.3 Å². The van der Waals surface area contributed by atoms with Gasteiger partial charge in [0.1, 0.15) is 12.7 Å². The first-order chi connectivity index (χ1) is 6.68. The van der Waals surface area contributed by atoms with Crippen LogP contribution >= 0.6 is 0 Å². The van der Waals surface area contributed by atoms with Crippen LogP contribution in [-0.4, -0.2) is 31.4 Å². The van der Waals surface area contributed by atoms with Crippen LogP contribution in [0.5, 0.6) is 0 Å². The molecule has 5 nitrogen and oxygen atoms in total. The van der Waals surface area contributed by atoms with Crippen LogP contribution in [0.25, 0.3) is 0 Å². The standard InChI is InChI=1S/C9H14O5/c1-7(10)12-5-3-2-4-8-6-13-9(11)14-8/h8H,2-6H2,1H3. The molecule has 0 N–H and O–H groups in total. The molecule has 0 aromatic rings. The van der Waals surface area contributed by atoms with Crippen molar-refractivity contribution in [1.82, 2.24) is 0 Å². The molecule has 14 heavy (non-hydrogen) atoms. The van der Waals surface area contributed by atoms with Crippen molar-refractivity contribution in [2.24, 2.45) is 0 Å². The topological polar surface area (TPSA) is 61.8 Å². The Morgan fingerprint density at radius 3 is 2.93 bits per heavy atom. The molecule has 0 spiro atoms. The quantitative estimate of drug-likeness (QED) is 0.496. The fourth-order valence-corrected chi connectivity index (χ4v) is 1.20. The molecule has 1 heterocycles. The number of rotatable bonds is 5. The van der Waals surface area contributed by atoms with Crippen LogP contribution in [0.3, 0.4) is 0 Å². The van der Waals surface area contributed by atoms with Crippen LogP contribution in [0.2, 0.25) is 0 Å². The monoisotopic (exact) mass is 202 g/mol. The lowest BCUT2D eigenvalue weighted by Gasteiger charge is -2.05. The summed E-state index contributed by atoms with van der Waals surface area (Å²) in [6.45, 7) is 2.15. The van der Waals surface area contributed by atoms with Gasteiger partial charge in [0, 0.05) is 6.92 Å². The summed E-state index contributed by atoms with van der Waals surface area (Å²) >= 11 is 0. The third-order valence-electron chi connectivity index (χ3n) is 1.88. The molecule has 1 rings (SSSR count). The molecule has 0 aliphatic carbocycles. The number of cyclic esters (lactones) is 2. The van der Waals surface area contributed by atoms with Gasteiger partial charge in [-0.05, 0) is 19.3 Å². The summed E-state index contributed by atoms with van der Waals surface area (Å²) in [5, 5.41) is 0. The second-order valence-electron chi connectivity index (χ2n) is 3.14. The summed E-state index contributed by atoms with van der Waals surface area (Å²) in [6.07, 6.45) is 1.68. The van der Waals surface area contributed by atoms with Gasteiger partial charge in [0.05, 0.1) is 6.61 Å². The van der Waals surface area contributed by atoms with Gasteiger partial charge in [-0.25, -0.2) is 4.79 Å². The van der Waals surface area contributed by atoms with E-state index in [0.29, 0.717) is 13.2 Å². The molecular formula is C9H14O5. The van der Waals surface area contributed by atoms with E-state index in [1.54, 1.807) is 0 Å². The van der Waals surface area contributed by atoms with E-state index in [2.05, 4.69) is 4.74 Å². The van der Waals surface area contributed by atoms with Crippen molar-refractivity contribution in [3.05, 3.63) is 0 Å². The number of unbranched alkanes of at least 4 members (excludes halogenated alkanes) is 1. The Balaban J connectivity index is 1.94. The summed E-state index contributed by atoms with van der Waals surface area (Å²) < 4.78 is 14.2. The predicted octanol–water partition coefficient (Wildman–Crippen LogP) is 1.26. The van der Waals surface area contributed by atoms with Crippen LogP contribution < -0.4 is 0 Å². The molecule has 1 fully saturated rings. The first-order valence-electron chi connectivity index (χ1n) is 4.65. The zero-order chi connectivity index (χ0) is 10.4. The summed E-state index contributed by atoms with van der Waals surface area (Å²) in [5.41, 5.74) is 0. The molecule has 0 aromatic carbocycles. The Hall–Kier alpha value is -1.26. The molecule has 0 bridgehead atoms. The fourth-order valence-electron chi connectivity index (χ4n) is 1.20. The average Bonchev–Trinajstić information content (AvgIpc) is 2.50. The van der Waals surface area contributed by atoms with Crippen LogP contribution in [0.1, 0.15) is 26.2 Å². The molecule has 1 atom stereocenters. The predicted molar refractivity (Wildman–Crippen MR) is 46.7 cm³/mol. The third-order valence-corrected chi connectivity index (χ3v) is 1.88. The minimum atomic E-state index is -0.588. The Kier molecular flexibility index (Phi) is 4.22. The molecule has 0 aromatic heterocycles. The molecule has 1 aliphatic heterocycles. The smallest absolute Gasteiger partial charge is 0.466 e. The highest BCUT2D eigenvalue weighted by atomic mass is 16.8. The molecule has 0 saturated carbocycles. The van der Waals surface area contributed by atoms with Crippen LogP contribution in [-0.2, 0) is 19.0 Å². The van der Waals surface area contributed by atoms with E-state index in [-0.39, 0.29) is 12.1 Å². The first kappa shape index (κ1) is 10.8. The average molecular weight is 202 g/mol. The van der Waals surface area contributed by atoms with E-state index in [0.717, 1.165) is 19.3 Å². The molecule has 0 amide bonds. The highest BCUT2D eigenvalue weighted by Crippen LogP contribution is 2.12. The maximum Gasteiger partial charge on any atom is 0.508 e. The SMILES string of the molecule is CC(=O)OCCCCC1COC(=O)O1. The number of esters is 1. The van der Waals surface area contributed by atoms with Crippen molar-refractivity contribution in [2.45, 2.75) is 32.3 Å². The number of hydrogen-bond donors (Lipinski definition) is 0. The van der Waals surface area contributed by atoms with E-state index < -0.39 is 6.16 Å². The van der Waals surface area contributed by atoms with Crippen molar-refractivity contribution in [1.29, 1.82) is 0 Å². The number of carbonyl (C=O) groups excluding carboxylic acids is 2. The largest absolute Gasteiger partial charge is 0.508 e. The number of hydrogen-bond acceptors (Lipinski definition) is 5. The second-order valence-corrected chi connectivity index (χ2v) is 3.14. The maximum atomic E-state index is 10.5. The van der Waals surface area contributed by atoms with E-state index in [1.165, 1.54) is 6.92 Å². The van der Waals surface area contributed by atoms with Gasteiger partial charge in [0.25, 0.3) is 0 Å². The maximum absolute atomic E-state index is 10.5. The Morgan fingerprint density at radius 2 is 2.36 bits per heavy atom. The van der Waals surface area contributed by atoms with Gasteiger partial charge in [0.2, 0.25) is 0 Å². The van der Waals surface area contributed by atoms with Crippen LogP contribution in [0.4, 0.5) is 4.79 Å². The Morgan fingerprint density at radius 1 is 1.57 bits per heavy atom. The van der Waals surface area contributed by atoms with Crippen LogP contribution in [0.15, 0.2) is 0 Å². The molecule has 80 valence electrons. The van der Waals surface area contributed by atoms with E-state index in [4.69, 9.17) is 9.47 Å². The van der Waals surface area contributed by atoms with Gasteiger partial charge in [-0.1, -0.05) is 0 Å². The highest BCUT2D eigenvalue weighted by Gasteiger charge is 2.23. The van der Waals surface area contributed by atoms with Gasteiger partial charge in [-0.15, -0.1) is 0 Å². The van der Waals surface area contributed by atoms with Crippen molar-refractivity contribution in [3.8, 4) is 0 Å². The summed E-state index contributed by atoms with van der Waals surface area (Å²) in [5.74, 6) is -0.263. The summed E-state index contributed by atoms with van der Waals surface area (Å²) in [7, 11) is 0. The molecule has 1 aliphatic rings. The molecule has 1 unspecified atom stereocenters. The normalized spacial score (nSPS) is 20.1. The van der Waals surface area contributed by atoms with E-state index >= 15 is 0 Å². The lowest BCUT2D eigenvalue weighted by atomic mass is 10.2. The van der Waals surface area contributed by atoms with Gasteiger partial charge < -0.3 is 14.2 Å². The van der Waals surface area contributed by atoms with Crippen molar-refractivity contribution in [2.75, 3.05) is 13.2 Å². The summed E-state index contributed by atoms with van der Waals surface area (Å²) in [4.78, 5) is 20.9. The fraction of sp³-hybridized carbons (Fsp3) is 0.778. The first-order valence-corrected chi connectivity index (χ1v) is 4.65. The van der Waals surface area contributed by atoms with Crippen LogP contribution in [0, 0.1) is 0 Å². The van der Waals surface area contributed by atoms with Gasteiger partial charge in [0.15, 0.2) is 0 Å². The van der Waals surface area contributed by atoms with Crippen molar-refractivity contribution < 1.29 is 23.8 Å². The lowest BCUT2D eigenvalue weighted by molar-refractivity contribution is -0.141.